The van der Waals surface area contributed by atoms with E-state index in [1.807, 2.05) is 13.8 Å². The number of aliphatic hydroxyl groups excluding tert-OH is 1. The van der Waals surface area contributed by atoms with Gasteiger partial charge >= 0.3 is 0 Å². The molecule has 0 saturated carbocycles. The number of benzene rings is 2. The lowest BCUT2D eigenvalue weighted by atomic mass is 9.94. The molecule has 1 aliphatic heterocycles. The average Bonchev–Trinajstić information content (AvgIpc) is 3.06. The highest BCUT2D eigenvalue weighted by atomic mass is 16.6. The van der Waals surface area contributed by atoms with Crippen molar-refractivity contribution in [1.29, 1.82) is 0 Å². The van der Waals surface area contributed by atoms with E-state index in [1.165, 1.54) is 36.3 Å². The maximum atomic E-state index is 13.0. The topological polar surface area (TPSA) is 119 Å². The lowest BCUT2D eigenvalue weighted by molar-refractivity contribution is -0.384. The number of nitro groups is 1. The van der Waals surface area contributed by atoms with E-state index in [9.17, 15) is 24.8 Å². The van der Waals surface area contributed by atoms with Gasteiger partial charge in [-0.2, -0.15) is 0 Å². The summed E-state index contributed by atoms with van der Waals surface area (Å²) in [4.78, 5) is 37.8. The van der Waals surface area contributed by atoms with Gasteiger partial charge in [0, 0.05) is 36.4 Å². The highest BCUT2D eigenvalue weighted by Crippen LogP contribution is 2.42. The van der Waals surface area contributed by atoms with Gasteiger partial charge < -0.3 is 19.5 Å². The maximum Gasteiger partial charge on any atom is 0.295 e. The number of nitrogens with zero attached hydrogens (tertiary/aromatic N) is 2. The van der Waals surface area contributed by atoms with Crippen LogP contribution in [0, 0.1) is 10.1 Å². The minimum absolute atomic E-state index is 0.0348. The Balaban J connectivity index is 2.08. The first kappa shape index (κ1) is 23.9. The van der Waals surface area contributed by atoms with Crippen LogP contribution >= 0.6 is 0 Å². The molecule has 2 aromatic rings. The third-order valence-corrected chi connectivity index (χ3v) is 5.32. The number of hydrogen-bond acceptors (Lipinski definition) is 7. The summed E-state index contributed by atoms with van der Waals surface area (Å²) in [5.74, 6) is -1.51. The van der Waals surface area contributed by atoms with Crippen molar-refractivity contribution in [2.75, 3.05) is 20.3 Å². The molecule has 3 rings (SSSR count). The minimum Gasteiger partial charge on any atom is -0.507 e. The second-order valence-electron chi connectivity index (χ2n) is 7.81. The average molecular weight is 454 g/mol. The first-order valence-electron chi connectivity index (χ1n) is 10.5. The van der Waals surface area contributed by atoms with Crippen molar-refractivity contribution in [1.82, 2.24) is 4.90 Å². The Morgan fingerprint density at radius 1 is 1.15 bits per heavy atom. The van der Waals surface area contributed by atoms with Crippen molar-refractivity contribution in [3.05, 3.63) is 75.3 Å². The largest absolute Gasteiger partial charge is 0.507 e. The molecule has 9 nitrogen and oxygen atoms in total. The smallest absolute Gasteiger partial charge is 0.295 e. The lowest BCUT2D eigenvalue weighted by Crippen LogP contribution is -2.31. The number of nitro benzene ring substituents is 1. The predicted molar refractivity (Wildman–Crippen MR) is 121 cm³/mol. The number of carbonyl (C=O) groups is 2. The number of para-hydroxylation sites is 1. The van der Waals surface area contributed by atoms with E-state index in [1.54, 1.807) is 24.3 Å². The standard InChI is InChI=1S/C24H26N2O7/c1-15(2)33-14-6-13-25-21(18-7-4-5-8-19(18)32-3)20(23(28)24(25)29)22(27)16-9-11-17(12-10-16)26(30)31/h4-5,7-12,15,21,27H,6,13-14H2,1-3H3/t21-/m1/s1. The van der Waals surface area contributed by atoms with Crippen LogP contribution in [-0.2, 0) is 14.3 Å². The SMILES string of the molecule is COc1ccccc1[C@@H]1C(=C(O)c2ccc([N+](=O)[O-])cc2)C(=O)C(=O)N1CCCOC(C)C. The van der Waals surface area contributed by atoms with E-state index in [4.69, 9.17) is 9.47 Å². The van der Waals surface area contributed by atoms with Gasteiger partial charge in [0.15, 0.2) is 0 Å². The first-order valence-corrected chi connectivity index (χ1v) is 10.5. The Hall–Kier alpha value is -3.72. The quantitative estimate of drug-likeness (QED) is 0.153. The fraction of sp³-hybridized carbons (Fsp3) is 0.333. The molecule has 1 aliphatic rings. The van der Waals surface area contributed by atoms with E-state index >= 15 is 0 Å². The molecule has 174 valence electrons. The van der Waals surface area contributed by atoms with E-state index in [0.717, 1.165) is 0 Å². The molecule has 0 aliphatic carbocycles. The van der Waals surface area contributed by atoms with Crippen molar-refractivity contribution in [3.8, 4) is 5.75 Å². The summed E-state index contributed by atoms with van der Waals surface area (Å²) >= 11 is 0. The van der Waals surface area contributed by atoms with E-state index < -0.39 is 28.4 Å². The van der Waals surface area contributed by atoms with Gasteiger partial charge in [-0.1, -0.05) is 18.2 Å². The fourth-order valence-electron chi connectivity index (χ4n) is 3.78. The van der Waals surface area contributed by atoms with Crippen LogP contribution in [0.5, 0.6) is 5.75 Å². The number of non-ortho nitro benzene ring substituents is 1. The molecule has 0 aromatic heterocycles. The van der Waals surface area contributed by atoms with Gasteiger partial charge in [0.1, 0.15) is 11.5 Å². The van der Waals surface area contributed by atoms with Gasteiger partial charge in [-0.05, 0) is 38.5 Å². The Morgan fingerprint density at radius 2 is 1.82 bits per heavy atom. The molecule has 9 heteroatoms. The minimum atomic E-state index is -0.879. The second-order valence-corrected chi connectivity index (χ2v) is 7.81. The lowest BCUT2D eigenvalue weighted by Gasteiger charge is -2.26. The van der Waals surface area contributed by atoms with Gasteiger partial charge in [0.05, 0.1) is 29.8 Å². The van der Waals surface area contributed by atoms with E-state index in [2.05, 4.69) is 0 Å². The molecular formula is C24H26N2O7. The van der Waals surface area contributed by atoms with Gasteiger partial charge in [-0.25, -0.2) is 0 Å². The summed E-state index contributed by atoms with van der Waals surface area (Å²) in [5.41, 5.74) is 0.496. The van der Waals surface area contributed by atoms with Crippen molar-refractivity contribution in [3.63, 3.8) is 0 Å². The van der Waals surface area contributed by atoms with Gasteiger partial charge in [0.25, 0.3) is 17.4 Å². The van der Waals surface area contributed by atoms with Crippen LogP contribution in [0.15, 0.2) is 54.1 Å². The third kappa shape index (κ3) is 5.04. The maximum absolute atomic E-state index is 13.0. The van der Waals surface area contributed by atoms with Crippen LogP contribution < -0.4 is 4.74 Å². The summed E-state index contributed by atoms with van der Waals surface area (Å²) in [6.07, 6.45) is 0.529. The van der Waals surface area contributed by atoms with Gasteiger partial charge in [-0.15, -0.1) is 0 Å². The number of amides is 1. The number of hydrogen-bond donors (Lipinski definition) is 1. The van der Waals surface area contributed by atoms with Crippen LogP contribution in [-0.4, -0.2) is 53.0 Å². The van der Waals surface area contributed by atoms with Crippen LogP contribution in [0.4, 0.5) is 5.69 Å². The molecule has 1 saturated heterocycles. The van der Waals surface area contributed by atoms with Gasteiger partial charge in [0.2, 0.25) is 0 Å². The van der Waals surface area contributed by atoms with Crippen molar-refractivity contribution in [2.45, 2.75) is 32.4 Å². The molecule has 0 spiro atoms. The molecule has 1 fully saturated rings. The number of Topliss-reactive ketones (excluding diaryl/α,β-unsaturated/α-hetero) is 1. The first-order chi connectivity index (χ1) is 15.8. The monoisotopic (exact) mass is 454 g/mol. The summed E-state index contributed by atoms with van der Waals surface area (Å²) < 4.78 is 11.0. The van der Waals surface area contributed by atoms with E-state index in [0.29, 0.717) is 24.3 Å². The molecule has 1 heterocycles. The molecule has 33 heavy (non-hydrogen) atoms. The predicted octanol–water partition coefficient (Wildman–Crippen LogP) is 3.84. The van der Waals surface area contributed by atoms with Crippen LogP contribution in [0.2, 0.25) is 0 Å². The Kier molecular flexibility index (Phi) is 7.44. The van der Waals surface area contributed by atoms with Crippen molar-refractivity contribution < 1.29 is 29.1 Å². The highest BCUT2D eigenvalue weighted by Gasteiger charge is 2.46. The fourth-order valence-corrected chi connectivity index (χ4v) is 3.78. The molecule has 0 bridgehead atoms. The third-order valence-electron chi connectivity index (χ3n) is 5.32. The summed E-state index contributed by atoms with van der Waals surface area (Å²) in [7, 11) is 1.48. The zero-order valence-electron chi connectivity index (χ0n) is 18.7. The van der Waals surface area contributed by atoms with Gasteiger partial charge in [-0.3, -0.25) is 19.7 Å². The van der Waals surface area contributed by atoms with Crippen molar-refractivity contribution >= 4 is 23.1 Å². The number of likely N-dealkylation sites (tertiary alicyclic amines) is 1. The second kappa shape index (κ2) is 10.3. The molecule has 1 N–H and O–H groups in total. The molecule has 1 amide bonds. The van der Waals surface area contributed by atoms with Crippen LogP contribution in [0.1, 0.15) is 37.4 Å². The van der Waals surface area contributed by atoms with Crippen LogP contribution in [0.25, 0.3) is 5.76 Å². The van der Waals surface area contributed by atoms with E-state index in [-0.39, 0.29) is 29.5 Å². The number of carbonyl (C=O) groups excluding carboxylic acids is 2. The normalized spacial score (nSPS) is 17.6. The van der Waals surface area contributed by atoms with Crippen LogP contribution in [0.3, 0.4) is 0 Å². The molecular weight excluding hydrogens is 428 g/mol. The summed E-state index contributed by atoms with van der Waals surface area (Å²) in [6, 6.07) is 11.2. The molecule has 2 aromatic carbocycles. The zero-order valence-corrected chi connectivity index (χ0v) is 18.7. The number of aliphatic hydroxyl groups is 1. The number of methoxy groups -OCH3 is 1. The Labute approximate surface area is 191 Å². The number of rotatable bonds is 9. The Morgan fingerprint density at radius 3 is 2.42 bits per heavy atom. The number of ether oxygens (including phenoxy) is 2. The molecule has 1 atom stereocenters. The molecule has 0 radical (unpaired) electrons. The summed E-state index contributed by atoms with van der Waals surface area (Å²) in [5, 5.41) is 22.0. The summed E-state index contributed by atoms with van der Waals surface area (Å²) in [6.45, 7) is 4.45. The number of ketones is 1. The van der Waals surface area contributed by atoms with Crippen molar-refractivity contribution in [2.24, 2.45) is 0 Å². The molecule has 0 unspecified atom stereocenters. The highest BCUT2D eigenvalue weighted by molar-refractivity contribution is 6.46. The Bertz CT molecular complexity index is 1080. The zero-order chi connectivity index (χ0) is 24.1.